The van der Waals surface area contributed by atoms with Gasteiger partial charge in [-0.15, -0.1) is 0 Å². The highest BCUT2D eigenvalue weighted by atomic mass is 16.6. The minimum atomic E-state index is -0.723. The maximum absolute atomic E-state index is 11.8. The van der Waals surface area contributed by atoms with Gasteiger partial charge < -0.3 is 14.2 Å². The summed E-state index contributed by atoms with van der Waals surface area (Å²) in [5.41, 5.74) is 5.84. The predicted molar refractivity (Wildman–Crippen MR) is 116 cm³/mol. The summed E-state index contributed by atoms with van der Waals surface area (Å²) in [5.74, 6) is -0.766. The van der Waals surface area contributed by atoms with E-state index in [1.807, 2.05) is 30.3 Å². The second-order valence-electron chi connectivity index (χ2n) is 6.56. The molecule has 3 aromatic rings. The Morgan fingerprint density at radius 3 is 1.91 bits per heavy atom. The van der Waals surface area contributed by atoms with Crippen molar-refractivity contribution in [2.45, 2.75) is 6.61 Å². The third-order valence-corrected chi connectivity index (χ3v) is 4.14. The molecule has 0 aliphatic carbocycles. The standard InChI is InChI=1S/C24H22N2O6/c27-22(25-26-24(29)19-9-5-2-6-10-19)16-32-23(28)17-31-21-13-11-20(12-14-21)30-15-18-7-3-1-4-8-18/h1-14H,15-17H2,(H,25,27)(H,26,29). The van der Waals surface area contributed by atoms with E-state index in [4.69, 9.17) is 14.2 Å². The molecule has 3 rings (SSSR count). The van der Waals surface area contributed by atoms with E-state index in [9.17, 15) is 14.4 Å². The molecule has 0 bridgehead atoms. The van der Waals surface area contributed by atoms with Crippen LogP contribution >= 0.6 is 0 Å². The summed E-state index contributed by atoms with van der Waals surface area (Å²) in [5, 5.41) is 0. The van der Waals surface area contributed by atoms with Gasteiger partial charge in [-0.1, -0.05) is 48.5 Å². The Morgan fingerprint density at radius 1 is 0.656 bits per heavy atom. The van der Waals surface area contributed by atoms with Crippen LogP contribution in [0.4, 0.5) is 0 Å². The largest absolute Gasteiger partial charge is 0.489 e. The van der Waals surface area contributed by atoms with Crippen LogP contribution in [0.5, 0.6) is 11.5 Å². The molecule has 0 spiro atoms. The summed E-state index contributed by atoms with van der Waals surface area (Å²) in [6.45, 7) is -0.474. The van der Waals surface area contributed by atoms with E-state index in [1.54, 1.807) is 54.6 Å². The lowest BCUT2D eigenvalue weighted by atomic mass is 10.2. The maximum atomic E-state index is 11.8. The molecule has 0 atom stereocenters. The second-order valence-corrected chi connectivity index (χ2v) is 6.56. The van der Waals surface area contributed by atoms with Crippen LogP contribution in [0, 0.1) is 0 Å². The highest BCUT2D eigenvalue weighted by Gasteiger charge is 2.10. The molecule has 0 aromatic heterocycles. The smallest absolute Gasteiger partial charge is 0.344 e. The zero-order valence-corrected chi connectivity index (χ0v) is 17.2. The topological polar surface area (TPSA) is 103 Å². The van der Waals surface area contributed by atoms with Gasteiger partial charge in [-0.25, -0.2) is 4.79 Å². The fourth-order valence-corrected chi connectivity index (χ4v) is 2.53. The van der Waals surface area contributed by atoms with E-state index in [0.29, 0.717) is 23.7 Å². The molecule has 164 valence electrons. The van der Waals surface area contributed by atoms with Crippen LogP contribution in [-0.4, -0.2) is 31.0 Å². The van der Waals surface area contributed by atoms with Crippen LogP contribution in [-0.2, 0) is 20.9 Å². The summed E-state index contributed by atoms with van der Waals surface area (Å²) in [6.07, 6.45) is 0. The number of esters is 1. The van der Waals surface area contributed by atoms with Crippen molar-refractivity contribution in [2.24, 2.45) is 0 Å². The number of nitrogens with one attached hydrogen (secondary N) is 2. The quantitative estimate of drug-likeness (QED) is 0.397. The van der Waals surface area contributed by atoms with Crippen molar-refractivity contribution in [2.75, 3.05) is 13.2 Å². The third-order valence-electron chi connectivity index (χ3n) is 4.14. The Kier molecular flexibility index (Phi) is 8.21. The average molecular weight is 434 g/mol. The van der Waals surface area contributed by atoms with E-state index >= 15 is 0 Å². The minimum Gasteiger partial charge on any atom is -0.489 e. The highest BCUT2D eigenvalue weighted by molar-refractivity contribution is 5.95. The molecular formula is C24H22N2O6. The molecule has 0 aliphatic rings. The number of carbonyl (C=O) groups is 3. The fraction of sp³-hybridized carbons (Fsp3) is 0.125. The molecular weight excluding hydrogens is 412 g/mol. The van der Waals surface area contributed by atoms with Gasteiger partial charge in [0.05, 0.1) is 0 Å². The first-order chi connectivity index (χ1) is 15.6. The van der Waals surface area contributed by atoms with Gasteiger partial charge in [0, 0.05) is 5.56 Å². The molecule has 2 N–H and O–H groups in total. The van der Waals surface area contributed by atoms with Crippen molar-refractivity contribution in [1.82, 2.24) is 10.9 Å². The van der Waals surface area contributed by atoms with Crippen LogP contribution in [0.3, 0.4) is 0 Å². The van der Waals surface area contributed by atoms with E-state index in [0.717, 1.165) is 5.56 Å². The van der Waals surface area contributed by atoms with E-state index < -0.39 is 24.4 Å². The van der Waals surface area contributed by atoms with E-state index in [-0.39, 0.29) is 6.61 Å². The summed E-state index contributed by atoms with van der Waals surface area (Å²) >= 11 is 0. The lowest BCUT2D eigenvalue weighted by Gasteiger charge is -2.10. The molecule has 3 aromatic carbocycles. The first-order valence-electron chi connectivity index (χ1n) is 9.79. The van der Waals surface area contributed by atoms with Gasteiger partial charge in [0.1, 0.15) is 18.1 Å². The molecule has 32 heavy (non-hydrogen) atoms. The fourth-order valence-electron chi connectivity index (χ4n) is 2.53. The van der Waals surface area contributed by atoms with Gasteiger partial charge >= 0.3 is 5.97 Å². The van der Waals surface area contributed by atoms with Crippen molar-refractivity contribution in [3.8, 4) is 11.5 Å². The van der Waals surface area contributed by atoms with Gasteiger partial charge in [0.15, 0.2) is 13.2 Å². The first-order valence-corrected chi connectivity index (χ1v) is 9.79. The van der Waals surface area contributed by atoms with E-state index in [1.165, 1.54) is 0 Å². The highest BCUT2D eigenvalue weighted by Crippen LogP contribution is 2.18. The Bertz CT molecular complexity index is 1020. The molecule has 0 saturated heterocycles. The lowest BCUT2D eigenvalue weighted by molar-refractivity contribution is -0.150. The van der Waals surface area contributed by atoms with Gasteiger partial charge in [-0.3, -0.25) is 20.4 Å². The second kappa shape index (κ2) is 11.8. The molecule has 0 aliphatic heterocycles. The number of ether oxygens (including phenoxy) is 3. The number of benzene rings is 3. The number of carbonyl (C=O) groups excluding carboxylic acids is 3. The number of hydrazine groups is 1. The average Bonchev–Trinajstić information content (AvgIpc) is 2.85. The molecule has 0 unspecified atom stereocenters. The van der Waals surface area contributed by atoms with Crippen LogP contribution in [0.1, 0.15) is 15.9 Å². The summed E-state index contributed by atoms with van der Waals surface area (Å²) in [4.78, 5) is 35.3. The maximum Gasteiger partial charge on any atom is 0.344 e. The van der Waals surface area contributed by atoms with Crippen LogP contribution in [0.25, 0.3) is 0 Å². The molecule has 0 radical (unpaired) electrons. The van der Waals surface area contributed by atoms with Gasteiger partial charge in [-0.2, -0.15) is 0 Å². The Hall–Kier alpha value is -4.33. The van der Waals surface area contributed by atoms with Gasteiger partial charge in [0.2, 0.25) is 0 Å². The molecule has 8 nitrogen and oxygen atoms in total. The third kappa shape index (κ3) is 7.49. The van der Waals surface area contributed by atoms with Crippen molar-refractivity contribution in [1.29, 1.82) is 0 Å². The summed E-state index contributed by atoms with van der Waals surface area (Å²) in [6, 6.07) is 24.9. The zero-order chi connectivity index (χ0) is 22.6. The van der Waals surface area contributed by atoms with Crippen molar-refractivity contribution >= 4 is 17.8 Å². The van der Waals surface area contributed by atoms with Crippen molar-refractivity contribution < 1.29 is 28.6 Å². The number of hydrogen-bond acceptors (Lipinski definition) is 6. The Morgan fingerprint density at radius 2 is 1.25 bits per heavy atom. The molecule has 0 saturated carbocycles. The Balaban J connectivity index is 1.32. The Labute approximate surface area is 185 Å². The lowest BCUT2D eigenvalue weighted by Crippen LogP contribution is -2.43. The van der Waals surface area contributed by atoms with Crippen molar-refractivity contribution in [3.05, 3.63) is 96.1 Å². The SMILES string of the molecule is O=C(COC(=O)COc1ccc(OCc2ccccc2)cc1)NNC(=O)c1ccccc1. The number of hydrogen-bond donors (Lipinski definition) is 2. The van der Waals surface area contributed by atoms with Gasteiger partial charge in [0.25, 0.3) is 11.8 Å². The van der Waals surface area contributed by atoms with Crippen LogP contribution in [0.15, 0.2) is 84.9 Å². The van der Waals surface area contributed by atoms with E-state index in [2.05, 4.69) is 10.9 Å². The monoisotopic (exact) mass is 434 g/mol. The predicted octanol–water partition coefficient (Wildman–Crippen LogP) is 2.65. The number of rotatable bonds is 9. The summed E-state index contributed by atoms with van der Waals surface area (Å²) in [7, 11) is 0. The first kappa shape index (κ1) is 22.4. The number of amides is 2. The van der Waals surface area contributed by atoms with Crippen molar-refractivity contribution in [3.63, 3.8) is 0 Å². The molecule has 0 fully saturated rings. The normalized spacial score (nSPS) is 10.0. The minimum absolute atomic E-state index is 0.367. The van der Waals surface area contributed by atoms with Crippen LogP contribution in [0.2, 0.25) is 0 Å². The van der Waals surface area contributed by atoms with Crippen LogP contribution < -0.4 is 20.3 Å². The molecule has 8 heteroatoms. The molecule has 2 amide bonds. The van der Waals surface area contributed by atoms with Gasteiger partial charge in [-0.05, 0) is 42.0 Å². The zero-order valence-electron chi connectivity index (χ0n) is 17.2. The molecule has 0 heterocycles. The summed E-state index contributed by atoms with van der Waals surface area (Å²) < 4.78 is 15.8.